The van der Waals surface area contributed by atoms with Gasteiger partial charge in [0.15, 0.2) is 11.5 Å². The molecule has 1 aromatic carbocycles. The Hall–Kier alpha value is -2.69. The van der Waals surface area contributed by atoms with Gasteiger partial charge in [-0.05, 0) is 45.6 Å². The Morgan fingerprint density at radius 2 is 1.82 bits per heavy atom. The van der Waals surface area contributed by atoms with E-state index in [4.69, 9.17) is 9.47 Å². The summed E-state index contributed by atoms with van der Waals surface area (Å²) < 4.78 is 13.6. The summed E-state index contributed by atoms with van der Waals surface area (Å²) >= 11 is 1.47. The van der Waals surface area contributed by atoms with Crippen molar-refractivity contribution >= 4 is 11.3 Å². The predicted molar refractivity (Wildman–Crippen MR) is 103 cm³/mol. The molecule has 2 aromatic heterocycles. The van der Waals surface area contributed by atoms with Crippen LogP contribution in [0.1, 0.15) is 5.56 Å². The fraction of sp³-hybridized carbons (Fsp3) is 0.389. The van der Waals surface area contributed by atoms with Gasteiger partial charge in [-0.2, -0.15) is 9.36 Å². The molecule has 4 heterocycles. The van der Waals surface area contributed by atoms with E-state index in [1.807, 2.05) is 23.6 Å². The van der Waals surface area contributed by atoms with Crippen LogP contribution in [-0.2, 0) is 13.2 Å². The van der Waals surface area contributed by atoms with Crippen LogP contribution in [0.3, 0.4) is 0 Å². The highest BCUT2D eigenvalue weighted by Gasteiger charge is 2.20. The molecule has 0 bridgehead atoms. The quantitative estimate of drug-likeness (QED) is 0.632. The maximum absolute atomic E-state index is 12.5. The Balaban J connectivity index is 1.17. The summed E-state index contributed by atoms with van der Waals surface area (Å²) in [6.07, 6.45) is 0. The van der Waals surface area contributed by atoms with Crippen LogP contribution in [0.2, 0.25) is 0 Å². The van der Waals surface area contributed by atoms with E-state index < -0.39 is 0 Å². The summed E-state index contributed by atoms with van der Waals surface area (Å²) in [5, 5.41) is 10.7. The van der Waals surface area contributed by atoms with Gasteiger partial charge in [0.2, 0.25) is 6.79 Å². The molecule has 0 saturated carbocycles. The van der Waals surface area contributed by atoms with Gasteiger partial charge < -0.3 is 9.47 Å². The first-order chi connectivity index (χ1) is 13.8. The third-order valence-electron chi connectivity index (χ3n) is 5.00. The number of hydrogen-bond donors (Lipinski definition) is 0. The zero-order valence-corrected chi connectivity index (χ0v) is 16.0. The third-order valence-corrected chi connectivity index (χ3v) is 5.84. The van der Waals surface area contributed by atoms with Crippen molar-refractivity contribution in [2.45, 2.75) is 13.2 Å². The van der Waals surface area contributed by atoms with Gasteiger partial charge in [0.1, 0.15) is 11.7 Å². The van der Waals surface area contributed by atoms with Crippen LogP contribution in [0.15, 0.2) is 40.5 Å². The highest BCUT2D eigenvalue weighted by atomic mass is 32.1. The number of fused-ring (bicyclic) bond motifs is 1. The Bertz CT molecular complexity index is 1010. The van der Waals surface area contributed by atoms with Crippen LogP contribution in [-0.4, -0.2) is 62.6 Å². The van der Waals surface area contributed by atoms with Crippen LogP contribution < -0.4 is 15.2 Å². The zero-order valence-electron chi connectivity index (χ0n) is 15.2. The molecule has 146 valence electrons. The minimum atomic E-state index is -0.203. The second-order valence-electron chi connectivity index (χ2n) is 6.85. The van der Waals surface area contributed by atoms with E-state index in [-0.39, 0.29) is 5.69 Å². The largest absolute Gasteiger partial charge is 0.454 e. The number of ether oxygens (including phenoxy) is 2. The molecular formula is C18H20N6O3S. The summed E-state index contributed by atoms with van der Waals surface area (Å²) in [5.74, 6) is 1.64. The molecule has 9 nitrogen and oxygen atoms in total. The van der Waals surface area contributed by atoms with Crippen molar-refractivity contribution < 1.29 is 9.47 Å². The Morgan fingerprint density at radius 1 is 1.00 bits per heavy atom. The number of hydrogen-bond acceptors (Lipinski definition) is 8. The Morgan fingerprint density at radius 3 is 2.64 bits per heavy atom. The van der Waals surface area contributed by atoms with Gasteiger partial charge >= 0.3 is 5.69 Å². The lowest BCUT2D eigenvalue weighted by Crippen LogP contribution is -2.47. The van der Waals surface area contributed by atoms with Crippen LogP contribution in [0.25, 0.3) is 5.00 Å². The molecule has 1 saturated heterocycles. The fourth-order valence-corrected chi connectivity index (χ4v) is 4.14. The lowest BCUT2D eigenvalue weighted by molar-refractivity contribution is 0.0968. The number of nitrogens with zero attached hydrogens (tertiary/aromatic N) is 6. The van der Waals surface area contributed by atoms with Crippen LogP contribution in [0.4, 0.5) is 0 Å². The number of thiophene rings is 1. The molecule has 0 unspecified atom stereocenters. The van der Waals surface area contributed by atoms with Gasteiger partial charge in [0.05, 0.1) is 0 Å². The summed E-state index contributed by atoms with van der Waals surface area (Å²) in [6, 6.07) is 9.86. The van der Waals surface area contributed by atoms with Gasteiger partial charge in [-0.15, -0.1) is 11.3 Å². The third kappa shape index (κ3) is 3.41. The number of rotatable bonds is 5. The smallest absolute Gasteiger partial charge is 0.370 e. The second kappa shape index (κ2) is 7.38. The topological polar surface area (TPSA) is 77.7 Å². The molecule has 0 amide bonds. The van der Waals surface area contributed by atoms with Crippen molar-refractivity contribution in [3.63, 3.8) is 0 Å². The molecule has 2 aliphatic heterocycles. The van der Waals surface area contributed by atoms with Gasteiger partial charge in [-0.1, -0.05) is 6.07 Å². The normalized spacial score (nSPS) is 17.3. The van der Waals surface area contributed by atoms with Crippen molar-refractivity contribution in [1.29, 1.82) is 0 Å². The minimum absolute atomic E-state index is 0.203. The van der Waals surface area contributed by atoms with Crippen LogP contribution in [0.5, 0.6) is 11.5 Å². The molecule has 0 radical (unpaired) electrons. The van der Waals surface area contributed by atoms with Crippen molar-refractivity contribution in [2.75, 3.05) is 33.0 Å². The first kappa shape index (κ1) is 17.4. The lowest BCUT2D eigenvalue weighted by atomic mass is 10.1. The second-order valence-corrected chi connectivity index (χ2v) is 7.77. The predicted octanol–water partition coefficient (Wildman–Crippen LogP) is 0.994. The Labute approximate surface area is 165 Å². The van der Waals surface area contributed by atoms with E-state index in [9.17, 15) is 4.79 Å². The molecule has 0 spiro atoms. The van der Waals surface area contributed by atoms with E-state index in [1.165, 1.54) is 26.3 Å². The maximum atomic E-state index is 12.5. The summed E-state index contributed by atoms with van der Waals surface area (Å²) in [5.41, 5.74) is 1.01. The van der Waals surface area contributed by atoms with Crippen LogP contribution in [0, 0.1) is 0 Å². The average molecular weight is 400 g/mol. The van der Waals surface area contributed by atoms with Crippen molar-refractivity contribution in [2.24, 2.45) is 0 Å². The summed E-state index contributed by atoms with van der Waals surface area (Å²) in [6.45, 7) is 5.26. The zero-order chi connectivity index (χ0) is 18.9. The Kier molecular flexibility index (Phi) is 4.59. The number of piperazine rings is 1. The average Bonchev–Trinajstić information content (AvgIpc) is 3.45. The maximum Gasteiger partial charge on any atom is 0.370 e. The lowest BCUT2D eigenvalue weighted by Gasteiger charge is -2.34. The first-order valence-corrected chi connectivity index (χ1v) is 10.0. The fourth-order valence-electron chi connectivity index (χ4n) is 3.47. The van der Waals surface area contributed by atoms with Crippen molar-refractivity contribution in [1.82, 2.24) is 29.6 Å². The molecule has 0 N–H and O–H groups in total. The molecule has 2 aliphatic rings. The van der Waals surface area contributed by atoms with Crippen LogP contribution >= 0.6 is 11.3 Å². The van der Waals surface area contributed by atoms with E-state index in [2.05, 4.69) is 32.4 Å². The highest BCUT2D eigenvalue weighted by molar-refractivity contribution is 7.12. The van der Waals surface area contributed by atoms with Gasteiger partial charge in [-0.25, -0.2) is 4.79 Å². The van der Waals surface area contributed by atoms with Gasteiger partial charge in [-0.3, -0.25) is 9.80 Å². The molecule has 3 aromatic rings. The molecule has 0 atom stereocenters. The molecule has 28 heavy (non-hydrogen) atoms. The van der Waals surface area contributed by atoms with Crippen molar-refractivity contribution in [3.8, 4) is 16.5 Å². The minimum Gasteiger partial charge on any atom is -0.454 e. The summed E-state index contributed by atoms with van der Waals surface area (Å²) in [4.78, 5) is 17.1. The SMILES string of the molecule is O=c1n(CN2CCN(Cc3ccc4c(c3)OCO4)CC2)nnn1-c1cccs1. The molecule has 0 aliphatic carbocycles. The first-order valence-electron chi connectivity index (χ1n) is 9.16. The molecule has 10 heteroatoms. The van der Waals surface area contributed by atoms with Gasteiger partial charge in [0.25, 0.3) is 0 Å². The molecule has 1 fully saturated rings. The monoisotopic (exact) mass is 400 g/mol. The number of benzene rings is 1. The number of aromatic nitrogens is 4. The summed E-state index contributed by atoms with van der Waals surface area (Å²) in [7, 11) is 0. The van der Waals surface area contributed by atoms with Gasteiger partial charge in [0, 0.05) is 32.7 Å². The van der Waals surface area contributed by atoms with E-state index in [0.717, 1.165) is 49.2 Å². The standard InChI is InChI=1S/C18H20N6O3S/c25-18-23(19-20-24(18)17-2-1-9-28-17)12-22-7-5-21(6-8-22)11-14-3-4-15-16(10-14)27-13-26-15/h1-4,9-10H,5-8,11-13H2. The molecular weight excluding hydrogens is 380 g/mol. The van der Waals surface area contributed by atoms with E-state index >= 15 is 0 Å². The van der Waals surface area contributed by atoms with Crippen molar-refractivity contribution in [3.05, 3.63) is 51.8 Å². The molecule has 5 rings (SSSR count). The van der Waals surface area contributed by atoms with E-state index in [1.54, 1.807) is 0 Å². The van der Waals surface area contributed by atoms with E-state index in [0.29, 0.717) is 13.5 Å². The highest BCUT2D eigenvalue weighted by Crippen LogP contribution is 2.32. The number of tetrazole rings is 1.